The quantitative estimate of drug-likeness (QED) is 0.706. The molecule has 7 nitrogen and oxygen atoms in total. The van der Waals surface area contributed by atoms with Crippen LogP contribution in [-0.2, 0) is 15.4 Å². The molecule has 10 heteroatoms. The van der Waals surface area contributed by atoms with Crippen molar-refractivity contribution in [2.75, 3.05) is 11.9 Å². The zero-order valence-corrected chi connectivity index (χ0v) is 17.1. The summed E-state index contributed by atoms with van der Waals surface area (Å²) in [5, 5.41) is 7.09. The van der Waals surface area contributed by atoms with E-state index < -0.39 is 26.1 Å². The summed E-state index contributed by atoms with van der Waals surface area (Å²) in [5.41, 5.74) is -0.722. The molecule has 0 aliphatic heterocycles. The average molecular weight is 419 g/mol. The zero-order valence-electron chi connectivity index (χ0n) is 16.3. The van der Waals surface area contributed by atoms with Crippen molar-refractivity contribution in [2.24, 2.45) is 5.92 Å². The van der Waals surface area contributed by atoms with Crippen molar-refractivity contribution >= 4 is 16.0 Å². The van der Waals surface area contributed by atoms with Crippen LogP contribution in [0.25, 0.3) is 0 Å². The molecule has 0 unspecified atom stereocenters. The van der Waals surface area contributed by atoms with Crippen molar-refractivity contribution < 1.29 is 21.7 Å². The minimum Gasteiger partial charge on any atom is -0.335 e. The predicted molar refractivity (Wildman–Crippen MR) is 99.8 cm³/mol. The van der Waals surface area contributed by atoms with Crippen molar-refractivity contribution in [3.63, 3.8) is 0 Å². The van der Waals surface area contributed by atoms with E-state index in [4.69, 9.17) is 4.52 Å². The van der Waals surface area contributed by atoms with Crippen LogP contribution in [0.15, 0.2) is 4.52 Å². The van der Waals surface area contributed by atoms with Gasteiger partial charge in [-0.15, -0.1) is 0 Å². The summed E-state index contributed by atoms with van der Waals surface area (Å²) in [7, 11) is -3.22. The third kappa shape index (κ3) is 3.90. The minimum absolute atomic E-state index is 0.165. The predicted octanol–water partition coefficient (Wildman–Crippen LogP) is 3.20. The van der Waals surface area contributed by atoms with E-state index in [-0.39, 0.29) is 24.9 Å². The topological polar surface area (TPSA) is 97.1 Å². The molecule has 2 N–H and O–H groups in total. The Morgan fingerprint density at radius 1 is 1.14 bits per heavy atom. The maximum absolute atomic E-state index is 13.2. The Hall–Kier alpha value is -1.29. The highest BCUT2D eigenvalue weighted by Crippen LogP contribution is 2.52. The fourth-order valence-corrected chi connectivity index (χ4v) is 5.75. The number of hydrogen-bond acceptors (Lipinski definition) is 6. The maximum Gasteiger partial charge on any atom is 0.321 e. The lowest BCUT2D eigenvalue weighted by molar-refractivity contribution is -0.123. The van der Waals surface area contributed by atoms with Gasteiger partial charge in [0.1, 0.15) is 0 Å². The monoisotopic (exact) mass is 418 g/mol. The molecule has 3 aliphatic rings. The van der Waals surface area contributed by atoms with Crippen LogP contribution in [0, 0.1) is 5.92 Å². The van der Waals surface area contributed by atoms with Crippen LogP contribution in [0.1, 0.15) is 71.0 Å². The van der Waals surface area contributed by atoms with E-state index in [1.165, 1.54) is 0 Å². The van der Waals surface area contributed by atoms with Gasteiger partial charge in [0.15, 0.2) is 5.82 Å². The Morgan fingerprint density at radius 3 is 2.36 bits per heavy atom. The summed E-state index contributed by atoms with van der Waals surface area (Å²) in [6.07, 6.45) is 4.53. The first kappa shape index (κ1) is 20.0. The van der Waals surface area contributed by atoms with Crippen molar-refractivity contribution in [1.82, 2.24) is 14.9 Å². The third-order valence-electron chi connectivity index (χ3n) is 6.60. The Kier molecular flexibility index (Phi) is 4.73. The van der Waals surface area contributed by atoms with Crippen molar-refractivity contribution in [1.29, 1.82) is 0 Å². The number of alkyl halides is 2. The van der Waals surface area contributed by atoms with Gasteiger partial charge in [-0.3, -0.25) is 0 Å². The van der Waals surface area contributed by atoms with Gasteiger partial charge in [-0.2, -0.15) is 4.98 Å². The number of hydrogen-bond donors (Lipinski definition) is 2. The highest BCUT2D eigenvalue weighted by molar-refractivity contribution is 7.91. The van der Waals surface area contributed by atoms with Gasteiger partial charge in [0, 0.05) is 30.8 Å². The molecule has 1 aromatic heterocycles. The molecule has 1 heterocycles. The van der Waals surface area contributed by atoms with E-state index in [1.54, 1.807) is 13.8 Å². The van der Waals surface area contributed by atoms with Crippen LogP contribution in [0.5, 0.6) is 0 Å². The van der Waals surface area contributed by atoms with E-state index in [9.17, 15) is 17.2 Å². The lowest BCUT2D eigenvalue weighted by atomic mass is 9.67. The summed E-state index contributed by atoms with van der Waals surface area (Å²) >= 11 is 0. The SMILES string of the molecule is CC1(c2noc(NC3CCC(CNS(=O)(=O)C4(C)CC4)CC3)n2)CC(F)(F)C1. The first-order valence-corrected chi connectivity index (χ1v) is 11.5. The summed E-state index contributed by atoms with van der Waals surface area (Å²) < 4.78 is 58.3. The van der Waals surface area contributed by atoms with E-state index >= 15 is 0 Å². The number of anilines is 1. The van der Waals surface area contributed by atoms with E-state index in [0.29, 0.717) is 18.3 Å². The smallest absolute Gasteiger partial charge is 0.321 e. The first-order valence-electron chi connectivity index (χ1n) is 9.98. The summed E-state index contributed by atoms with van der Waals surface area (Å²) in [5.74, 6) is -1.98. The number of nitrogens with zero attached hydrogens (tertiary/aromatic N) is 2. The Labute approximate surface area is 164 Å². The van der Waals surface area contributed by atoms with E-state index in [0.717, 1.165) is 38.5 Å². The summed E-state index contributed by atoms with van der Waals surface area (Å²) in [6, 6.07) is 0.440. The van der Waals surface area contributed by atoms with Crippen LogP contribution >= 0.6 is 0 Å². The third-order valence-corrected chi connectivity index (χ3v) is 8.86. The van der Waals surface area contributed by atoms with Crippen molar-refractivity contribution in [2.45, 2.75) is 87.3 Å². The Bertz CT molecular complexity index is 822. The van der Waals surface area contributed by atoms with Gasteiger partial charge in [-0.1, -0.05) is 12.1 Å². The molecular weight excluding hydrogens is 390 g/mol. The summed E-state index contributed by atoms with van der Waals surface area (Å²) in [6.45, 7) is 4.01. The Balaban J connectivity index is 1.23. The Morgan fingerprint density at radius 2 is 1.79 bits per heavy atom. The average Bonchev–Trinajstić information content (AvgIpc) is 3.18. The number of sulfonamides is 1. The van der Waals surface area contributed by atoms with Gasteiger partial charge < -0.3 is 9.84 Å². The second-order valence-corrected chi connectivity index (χ2v) is 11.6. The van der Waals surface area contributed by atoms with Gasteiger partial charge in [-0.05, 0) is 51.4 Å². The zero-order chi connectivity index (χ0) is 20.2. The standard InChI is InChI=1S/C18H28F2N4O3S/c1-16(10-18(19,20)11-16)14-23-15(27-24-14)22-13-5-3-12(4-6-13)9-21-28(25,26)17(2)7-8-17/h12-13,21H,3-11H2,1-2H3,(H,22,23,24). The number of rotatable bonds is 7. The fraction of sp³-hybridized carbons (Fsp3) is 0.889. The highest BCUT2D eigenvalue weighted by atomic mass is 32.2. The lowest BCUT2D eigenvalue weighted by Crippen LogP contribution is -2.47. The molecule has 4 rings (SSSR count). The molecule has 0 amide bonds. The second-order valence-electron chi connectivity index (χ2n) is 9.36. The number of halogens is 2. The maximum atomic E-state index is 13.2. The molecule has 28 heavy (non-hydrogen) atoms. The molecule has 0 radical (unpaired) electrons. The molecule has 158 valence electrons. The molecule has 0 atom stereocenters. The largest absolute Gasteiger partial charge is 0.335 e. The van der Waals surface area contributed by atoms with Gasteiger partial charge in [0.2, 0.25) is 15.9 Å². The second kappa shape index (κ2) is 6.62. The van der Waals surface area contributed by atoms with E-state index in [1.807, 2.05) is 0 Å². The molecule has 0 aromatic carbocycles. The van der Waals surface area contributed by atoms with Gasteiger partial charge in [-0.25, -0.2) is 21.9 Å². The highest BCUT2D eigenvalue weighted by Gasteiger charge is 2.57. The fourth-order valence-electron chi connectivity index (χ4n) is 4.31. The van der Waals surface area contributed by atoms with Crippen LogP contribution in [0.4, 0.5) is 14.8 Å². The van der Waals surface area contributed by atoms with Crippen LogP contribution in [0.2, 0.25) is 0 Å². The van der Waals surface area contributed by atoms with Crippen molar-refractivity contribution in [3.8, 4) is 0 Å². The minimum atomic E-state index is -3.22. The summed E-state index contributed by atoms with van der Waals surface area (Å²) in [4.78, 5) is 4.27. The van der Waals surface area contributed by atoms with Gasteiger partial charge in [0.05, 0.1) is 4.75 Å². The molecule has 0 spiro atoms. The number of aromatic nitrogens is 2. The normalized spacial score (nSPS) is 30.4. The lowest BCUT2D eigenvalue weighted by Gasteiger charge is -2.42. The molecule has 3 aliphatic carbocycles. The van der Waals surface area contributed by atoms with Crippen LogP contribution in [0.3, 0.4) is 0 Å². The molecular formula is C18H28F2N4O3S. The molecule has 0 bridgehead atoms. The van der Waals surface area contributed by atoms with Crippen LogP contribution < -0.4 is 10.0 Å². The molecule has 3 saturated carbocycles. The van der Waals surface area contributed by atoms with Gasteiger partial charge >= 0.3 is 6.01 Å². The molecule has 0 saturated heterocycles. The molecule has 3 fully saturated rings. The van der Waals surface area contributed by atoms with E-state index in [2.05, 4.69) is 20.2 Å². The molecule has 1 aromatic rings. The first-order chi connectivity index (χ1) is 13.0. The van der Waals surface area contributed by atoms with Crippen LogP contribution in [-0.4, -0.2) is 41.8 Å². The van der Waals surface area contributed by atoms with Crippen molar-refractivity contribution in [3.05, 3.63) is 5.82 Å². The van der Waals surface area contributed by atoms with Gasteiger partial charge in [0.25, 0.3) is 0 Å². The number of nitrogens with one attached hydrogen (secondary N) is 2.